The third-order valence-corrected chi connectivity index (χ3v) is 1.83. The van der Waals surface area contributed by atoms with Crippen molar-refractivity contribution in [3.05, 3.63) is 29.0 Å². The Morgan fingerprint density at radius 3 is 2.43 bits per heavy atom. The lowest BCUT2D eigenvalue weighted by Crippen LogP contribution is -1.88. The summed E-state index contributed by atoms with van der Waals surface area (Å²) < 4.78 is 0. The van der Waals surface area contributed by atoms with E-state index in [1.165, 1.54) is 5.57 Å². The normalized spacial score (nSPS) is 10.7. The first-order chi connectivity index (χ1) is 6.56. The Bertz CT molecular complexity index is 284. The van der Waals surface area contributed by atoms with E-state index in [4.69, 9.17) is 6.42 Å². The average molecular weight is 188 g/mol. The minimum atomic E-state index is 0.708. The van der Waals surface area contributed by atoms with E-state index in [0.717, 1.165) is 18.4 Å². The fourth-order valence-corrected chi connectivity index (χ4v) is 0.957. The Kier molecular flexibility index (Phi) is 6.63. The summed E-state index contributed by atoms with van der Waals surface area (Å²) in [6, 6.07) is 0. The van der Waals surface area contributed by atoms with Crippen molar-refractivity contribution >= 4 is 0 Å². The third-order valence-electron chi connectivity index (χ3n) is 1.83. The fraction of sp³-hybridized carbons (Fsp3) is 0.500. The SMILES string of the molecule is C#C/C(=C\C=C=C(C)C)CCC(C)C. The molecule has 14 heavy (non-hydrogen) atoms. The van der Waals surface area contributed by atoms with Crippen LogP contribution in [0.3, 0.4) is 0 Å². The zero-order valence-corrected chi connectivity index (χ0v) is 9.72. The van der Waals surface area contributed by atoms with Crippen molar-refractivity contribution in [2.75, 3.05) is 0 Å². The maximum atomic E-state index is 5.40. The maximum absolute atomic E-state index is 5.40. The molecule has 0 nitrogen and oxygen atoms in total. The Balaban J connectivity index is 4.29. The van der Waals surface area contributed by atoms with Crippen LogP contribution in [0.15, 0.2) is 29.0 Å². The Morgan fingerprint density at radius 2 is 2.00 bits per heavy atom. The Labute approximate surface area is 88.4 Å². The number of terminal acetylenes is 1. The summed E-state index contributed by atoms with van der Waals surface area (Å²) >= 11 is 0. The van der Waals surface area contributed by atoms with Crippen LogP contribution >= 0.6 is 0 Å². The largest absolute Gasteiger partial charge is 0.122 e. The number of allylic oxidation sites excluding steroid dienone is 3. The van der Waals surface area contributed by atoms with Gasteiger partial charge in [0.2, 0.25) is 0 Å². The van der Waals surface area contributed by atoms with Crippen LogP contribution in [0.25, 0.3) is 0 Å². The molecular weight excluding hydrogens is 168 g/mol. The summed E-state index contributed by atoms with van der Waals surface area (Å²) in [7, 11) is 0. The second-order valence-corrected chi connectivity index (χ2v) is 4.08. The summed E-state index contributed by atoms with van der Waals surface area (Å²) in [5, 5.41) is 0. The van der Waals surface area contributed by atoms with Gasteiger partial charge in [-0.25, -0.2) is 0 Å². The summed E-state index contributed by atoms with van der Waals surface area (Å²) in [5.74, 6) is 3.42. The first-order valence-corrected chi connectivity index (χ1v) is 5.12. The van der Waals surface area contributed by atoms with Gasteiger partial charge in [-0.2, -0.15) is 0 Å². The van der Waals surface area contributed by atoms with E-state index in [2.05, 4.69) is 25.5 Å². The number of hydrogen-bond donors (Lipinski definition) is 0. The van der Waals surface area contributed by atoms with Crippen molar-refractivity contribution in [3.63, 3.8) is 0 Å². The molecule has 0 bridgehead atoms. The van der Waals surface area contributed by atoms with Gasteiger partial charge in [0.25, 0.3) is 0 Å². The number of rotatable bonds is 4. The molecule has 0 rings (SSSR count). The third kappa shape index (κ3) is 7.47. The molecule has 0 fully saturated rings. The molecule has 0 spiro atoms. The lowest BCUT2D eigenvalue weighted by atomic mass is 10.0. The lowest BCUT2D eigenvalue weighted by molar-refractivity contribution is 0.589. The second kappa shape index (κ2) is 7.25. The maximum Gasteiger partial charge on any atom is 0.00238 e. The van der Waals surface area contributed by atoms with E-state index < -0.39 is 0 Å². The molecule has 0 aliphatic carbocycles. The molecule has 0 saturated carbocycles. The van der Waals surface area contributed by atoms with Crippen molar-refractivity contribution in [2.45, 2.75) is 40.5 Å². The monoisotopic (exact) mass is 188 g/mol. The van der Waals surface area contributed by atoms with E-state index in [9.17, 15) is 0 Å². The van der Waals surface area contributed by atoms with Gasteiger partial charge in [0.05, 0.1) is 0 Å². The zero-order valence-electron chi connectivity index (χ0n) is 9.72. The highest BCUT2D eigenvalue weighted by Crippen LogP contribution is 2.10. The van der Waals surface area contributed by atoms with Crippen LogP contribution in [0.5, 0.6) is 0 Å². The van der Waals surface area contributed by atoms with Gasteiger partial charge in [-0.1, -0.05) is 19.8 Å². The van der Waals surface area contributed by atoms with Gasteiger partial charge in [0.15, 0.2) is 0 Å². The van der Waals surface area contributed by atoms with Gasteiger partial charge in [0, 0.05) is 5.57 Å². The summed E-state index contributed by atoms with van der Waals surface area (Å²) in [6.07, 6.45) is 11.4. The summed E-state index contributed by atoms with van der Waals surface area (Å²) in [5.41, 5.74) is 5.35. The average Bonchev–Trinajstić information content (AvgIpc) is 2.10. The van der Waals surface area contributed by atoms with Crippen LogP contribution in [0.4, 0.5) is 0 Å². The molecule has 0 aromatic rings. The topological polar surface area (TPSA) is 0 Å². The molecule has 0 heteroatoms. The van der Waals surface area contributed by atoms with E-state index >= 15 is 0 Å². The first kappa shape index (κ1) is 12.8. The molecule has 0 N–H and O–H groups in total. The van der Waals surface area contributed by atoms with Gasteiger partial charge in [0.1, 0.15) is 0 Å². The molecule has 0 unspecified atom stereocenters. The Morgan fingerprint density at radius 1 is 1.36 bits per heavy atom. The van der Waals surface area contributed by atoms with E-state index in [0.29, 0.717) is 5.92 Å². The van der Waals surface area contributed by atoms with Crippen molar-refractivity contribution in [1.82, 2.24) is 0 Å². The van der Waals surface area contributed by atoms with Crippen molar-refractivity contribution in [3.8, 4) is 12.3 Å². The van der Waals surface area contributed by atoms with Crippen LogP contribution in [0.2, 0.25) is 0 Å². The van der Waals surface area contributed by atoms with Crippen LogP contribution in [-0.2, 0) is 0 Å². The van der Waals surface area contributed by atoms with Crippen LogP contribution in [0, 0.1) is 18.3 Å². The highest BCUT2D eigenvalue weighted by molar-refractivity contribution is 5.29. The quantitative estimate of drug-likeness (QED) is 0.354. The Hall–Kier alpha value is -1.18. The molecular formula is C14H20. The molecule has 0 atom stereocenters. The van der Waals surface area contributed by atoms with Crippen molar-refractivity contribution < 1.29 is 0 Å². The van der Waals surface area contributed by atoms with Gasteiger partial charge < -0.3 is 0 Å². The smallest absolute Gasteiger partial charge is 0.00238 e. The molecule has 0 radical (unpaired) electrons. The summed E-state index contributed by atoms with van der Waals surface area (Å²) in [6.45, 7) is 8.46. The lowest BCUT2D eigenvalue weighted by Gasteiger charge is -2.02. The molecule has 0 aromatic carbocycles. The van der Waals surface area contributed by atoms with Gasteiger partial charge in [-0.3, -0.25) is 0 Å². The first-order valence-electron chi connectivity index (χ1n) is 5.12. The highest BCUT2D eigenvalue weighted by Gasteiger charge is 1.95. The van der Waals surface area contributed by atoms with E-state index in [-0.39, 0.29) is 0 Å². The van der Waals surface area contributed by atoms with Crippen LogP contribution in [-0.4, -0.2) is 0 Å². The predicted molar refractivity (Wildman–Crippen MR) is 63.9 cm³/mol. The van der Waals surface area contributed by atoms with Crippen LogP contribution in [0.1, 0.15) is 40.5 Å². The van der Waals surface area contributed by atoms with E-state index in [1.807, 2.05) is 26.0 Å². The number of hydrogen-bond acceptors (Lipinski definition) is 0. The minimum absolute atomic E-state index is 0.708. The highest BCUT2D eigenvalue weighted by atomic mass is 14.0. The minimum Gasteiger partial charge on any atom is -0.122 e. The zero-order chi connectivity index (χ0) is 11.0. The van der Waals surface area contributed by atoms with Gasteiger partial charge in [-0.15, -0.1) is 12.2 Å². The molecule has 76 valence electrons. The van der Waals surface area contributed by atoms with Crippen molar-refractivity contribution in [2.24, 2.45) is 5.92 Å². The standard InChI is InChI=1S/C14H20/c1-6-14(11-10-13(4)5)9-7-8-12(2)3/h1,7,9,13H,10-11H2,2-5H3/b14-9+. The van der Waals surface area contributed by atoms with Gasteiger partial charge >= 0.3 is 0 Å². The molecule has 0 aliphatic rings. The van der Waals surface area contributed by atoms with Gasteiger partial charge in [-0.05, 0) is 50.3 Å². The molecule has 0 aliphatic heterocycles. The van der Waals surface area contributed by atoms with Crippen molar-refractivity contribution in [1.29, 1.82) is 0 Å². The predicted octanol–water partition coefficient (Wildman–Crippen LogP) is 4.10. The molecule has 0 aromatic heterocycles. The molecule has 0 saturated heterocycles. The fourth-order valence-electron chi connectivity index (χ4n) is 0.957. The second-order valence-electron chi connectivity index (χ2n) is 4.08. The molecule has 0 heterocycles. The summed E-state index contributed by atoms with van der Waals surface area (Å²) in [4.78, 5) is 0. The molecule has 0 amide bonds. The van der Waals surface area contributed by atoms with E-state index in [1.54, 1.807) is 0 Å². The van der Waals surface area contributed by atoms with Crippen LogP contribution < -0.4 is 0 Å².